The molecule has 1 heterocycles. The van der Waals surface area contributed by atoms with Gasteiger partial charge in [-0.2, -0.15) is 0 Å². The quantitative estimate of drug-likeness (QED) is 0.379. The monoisotopic (exact) mass is 361 g/mol. The first-order chi connectivity index (χ1) is 11.7. The van der Waals surface area contributed by atoms with E-state index in [2.05, 4.69) is 0 Å². The van der Waals surface area contributed by atoms with Crippen LogP contribution in [0.3, 0.4) is 0 Å². The lowest BCUT2D eigenvalue weighted by Gasteiger charge is -2.29. The van der Waals surface area contributed by atoms with Gasteiger partial charge in [0.15, 0.2) is 0 Å². The van der Waals surface area contributed by atoms with Crippen molar-refractivity contribution < 1.29 is 39.6 Å². The Kier molecular flexibility index (Phi) is 8.25. The Bertz CT molecular complexity index is 484. The van der Waals surface area contributed by atoms with E-state index in [-0.39, 0.29) is 39.3 Å². The number of carboxylic acid groups (broad SMARTS) is 4. The van der Waals surface area contributed by atoms with E-state index in [1.165, 1.54) is 4.90 Å². The highest BCUT2D eigenvalue weighted by Gasteiger charge is 2.30. The van der Waals surface area contributed by atoms with Crippen LogP contribution >= 0.6 is 0 Å². The highest BCUT2D eigenvalue weighted by atomic mass is 16.4. The fraction of sp³-hybridized carbons (Fsp3) is 0.714. The van der Waals surface area contributed by atoms with Crippen molar-refractivity contribution in [3.63, 3.8) is 0 Å². The van der Waals surface area contributed by atoms with Crippen LogP contribution in [0.1, 0.15) is 6.42 Å². The molecule has 142 valence electrons. The van der Waals surface area contributed by atoms with E-state index >= 15 is 0 Å². The van der Waals surface area contributed by atoms with Crippen LogP contribution in [0.25, 0.3) is 0 Å². The minimum atomic E-state index is -1.28. The van der Waals surface area contributed by atoms with E-state index in [1.807, 2.05) is 0 Å². The SMILES string of the molecule is O=C(O)CC(C(=O)O)N1CCN(CC(=O)O)CCN(CC(=O)O)CC1. The minimum Gasteiger partial charge on any atom is -0.481 e. The van der Waals surface area contributed by atoms with Crippen LogP contribution in [-0.2, 0) is 19.2 Å². The Morgan fingerprint density at radius 2 is 1.08 bits per heavy atom. The molecule has 0 spiro atoms. The molecule has 0 saturated carbocycles. The van der Waals surface area contributed by atoms with Crippen LogP contribution in [0.4, 0.5) is 0 Å². The summed E-state index contributed by atoms with van der Waals surface area (Å²) in [6.45, 7) is 0.981. The standard InChI is InChI=1S/C14H23N3O8/c18-11(19)7-10(14(24)25)17-5-3-15(8-12(20)21)1-2-16(4-6-17)9-13(22)23/h10H,1-9H2,(H,18,19)(H,20,21)(H,22,23)(H,24,25). The van der Waals surface area contributed by atoms with E-state index < -0.39 is 36.3 Å². The first-order valence-electron chi connectivity index (χ1n) is 7.76. The van der Waals surface area contributed by atoms with Gasteiger partial charge in [-0.3, -0.25) is 33.9 Å². The van der Waals surface area contributed by atoms with Gasteiger partial charge in [0.1, 0.15) is 6.04 Å². The van der Waals surface area contributed by atoms with Crippen molar-refractivity contribution in [3.05, 3.63) is 0 Å². The Morgan fingerprint density at radius 3 is 1.40 bits per heavy atom. The van der Waals surface area contributed by atoms with Gasteiger partial charge >= 0.3 is 23.9 Å². The van der Waals surface area contributed by atoms with Crippen molar-refractivity contribution in [1.29, 1.82) is 0 Å². The summed E-state index contributed by atoms with van der Waals surface area (Å²) < 4.78 is 0. The van der Waals surface area contributed by atoms with E-state index in [0.717, 1.165) is 0 Å². The summed E-state index contributed by atoms with van der Waals surface area (Å²) in [5.41, 5.74) is 0. The van der Waals surface area contributed by atoms with Gasteiger partial charge in [-0.05, 0) is 0 Å². The van der Waals surface area contributed by atoms with Crippen molar-refractivity contribution in [2.24, 2.45) is 0 Å². The number of rotatable bonds is 8. The molecule has 1 fully saturated rings. The molecular weight excluding hydrogens is 338 g/mol. The van der Waals surface area contributed by atoms with Crippen molar-refractivity contribution in [2.45, 2.75) is 12.5 Å². The van der Waals surface area contributed by atoms with Gasteiger partial charge in [0, 0.05) is 39.3 Å². The molecule has 1 saturated heterocycles. The third-order valence-corrected chi connectivity index (χ3v) is 3.95. The summed E-state index contributed by atoms with van der Waals surface area (Å²) in [5.74, 6) is -4.62. The third kappa shape index (κ3) is 7.92. The average Bonchev–Trinajstić information content (AvgIpc) is 2.56. The first-order valence-corrected chi connectivity index (χ1v) is 7.76. The van der Waals surface area contributed by atoms with Crippen molar-refractivity contribution in [2.75, 3.05) is 52.4 Å². The maximum Gasteiger partial charge on any atom is 0.321 e. The van der Waals surface area contributed by atoms with Crippen LogP contribution in [0, 0.1) is 0 Å². The summed E-state index contributed by atoms with van der Waals surface area (Å²) in [7, 11) is 0. The number of hydrogen-bond acceptors (Lipinski definition) is 7. The summed E-state index contributed by atoms with van der Waals surface area (Å²) in [6.07, 6.45) is -0.590. The van der Waals surface area contributed by atoms with Crippen molar-refractivity contribution >= 4 is 23.9 Å². The van der Waals surface area contributed by atoms with Gasteiger partial charge in [0.05, 0.1) is 19.5 Å². The average molecular weight is 361 g/mol. The topological polar surface area (TPSA) is 159 Å². The van der Waals surface area contributed by atoms with Crippen molar-refractivity contribution in [1.82, 2.24) is 14.7 Å². The van der Waals surface area contributed by atoms with Gasteiger partial charge in [0.2, 0.25) is 0 Å². The number of carboxylic acids is 4. The number of hydrogen-bond donors (Lipinski definition) is 4. The highest BCUT2D eigenvalue weighted by Crippen LogP contribution is 2.09. The normalized spacial score (nSPS) is 19.4. The molecule has 0 amide bonds. The summed E-state index contributed by atoms with van der Waals surface area (Å²) in [4.78, 5) is 48.8. The minimum absolute atomic E-state index is 0.179. The molecule has 0 radical (unpaired) electrons. The largest absolute Gasteiger partial charge is 0.481 e. The molecule has 0 aromatic rings. The molecule has 1 aliphatic heterocycles. The lowest BCUT2D eigenvalue weighted by atomic mass is 10.1. The second-order valence-corrected chi connectivity index (χ2v) is 5.83. The van der Waals surface area contributed by atoms with Gasteiger partial charge in [-0.25, -0.2) is 0 Å². The van der Waals surface area contributed by atoms with Gasteiger partial charge < -0.3 is 20.4 Å². The fourth-order valence-corrected chi connectivity index (χ4v) is 2.71. The Morgan fingerprint density at radius 1 is 0.680 bits per heavy atom. The summed E-state index contributed by atoms with van der Waals surface area (Å²) in [6, 6.07) is -1.26. The summed E-state index contributed by atoms with van der Waals surface area (Å²) in [5, 5.41) is 36.1. The predicted molar refractivity (Wildman–Crippen MR) is 83.4 cm³/mol. The molecule has 1 rings (SSSR count). The molecule has 1 aliphatic rings. The van der Waals surface area contributed by atoms with Crippen molar-refractivity contribution in [3.8, 4) is 0 Å². The van der Waals surface area contributed by atoms with E-state index in [4.69, 9.17) is 15.3 Å². The number of carbonyl (C=O) groups is 4. The van der Waals surface area contributed by atoms with Crippen LogP contribution in [0.15, 0.2) is 0 Å². The van der Waals surface area contributed by atoms with Gasteiger partial charge in [-0.1, -0.05) is 0 Å². The van der Waals surface area contributed by atoms with E-state index in [1.54, 1.807) is 9.80 Å². The molecule has 0 aromatic heterocycles. The van der Waals surface area contributed by atoms with Gasteiger partial charge in [-0.15, -0.1) is 0 Å². The molecule has 0 bridgehead atoms. The lowest BCUT2D eigenvalue weighted by Crippen LogP contribution is -2.48. The molecule has 25 heavy (non-hydrogen) atoms. The predicted octanol–water partition coefficient (Wildman–Crippen LogP) is -2.00. The van der Waals surface area contributed by atoms with Crippen LogP contribution in [0.5, 0.6) is 0 Å². The molecule has 11 heteroatoms. The number of nitrogens with zero attached hydrogens (tertiary/aromatic N) is 3. The third-order valence-electron chi connectivity index (χ3n) is 3.95. The molecule has 0 aromatic carbocycles. The zero-order valence-corrected chi connectivity index (χ0v) is 13.7. The molecule has 4 N–H and O–H groups in total. The smallest absolute Gasteiger partial charge is 0.321 e. The molecule has 11 nitrogen and oxygen atoms in total. The van der Waals surface area contributed by atoms with Crippen LogP contribution in [0.2, 0.25) is 0 Å². The zero-order chi connectivity index (χ0) is 19.0. The fourth-order valence-electron chi connectivity index (χ4n) is 2.71. The highest BCUT2D eigenvalue weighted by molar-refractivity contribution is 5.80. The second-order valence-electron chi connectivity index (χ2n) is 5.83. The zero-order valence-electron chi connectivity index (χ0n) is 13.7. The maximum atomic E-state index is 11.4. The van der Waals surface area contributed by atoms with E-state index in [0.29, 0.717) is 13.1 Å². The molecular formula is C14H23N3O8. The Balaban J connectivity index is 2.92. The molecule has 1 atom stereocenters. The Hall–Kier alpha value is -2.24. The van der Waals surface area contributed by atoms with E-state index in [9.17, 15) is 24.3 Å². The Labute approximate surface area is 144 Å². The van der Waals surface area contributed by atoms with Gasteiger partial charge in [0.25, 0.3) is 0 Å². The lowest BCUT2D eigenvalue weighted by molar-refractivity contribution is -0.150. The molecule has 1 unspecified atom stereocenters. The maximum absolute atomic E-state index is 11.4. The number of aliphatic carboxylic acids is 4. The second kappa shape index (κ2) is 9.91. The molecule has 0 aliphatic carbocycles. The van der Waals surface area contributed by atoms with Crippen LogP contribution in [-0.4, -0.2) is 117 Å². The summed E-state index contributed by atoms with van der Waals surface area (Å²) >= 11 is 0. The first kappa shape index (κ1) is 20.8. The van der Waals surface area contributed by atoms with Crippen LogP contribution < -0.4 is 0 Å².